The summed E-state index contributed by atoms with van der Waals surface area (Å²) in [7, 11) is -8.46. The van der Waals surface area contributed by atoms with Gasteiger partial charge in [-0.2, -0.15) is 0 Å². The van der Waals surface area contributed by atoms with Crippen LogP contribution in [0.1, 0.15) is 52.4 Å². The largest absolute Gasteiger partial charge is 0.437 e. The first-order valence-electron chi connectivity index (χ1n) is 17.8. The fraction of sp³-hybridized carbons (Fsp3) is 1.00. The Hall–Kier alpha value is 1.06. The van der Waals surface area contributed by atoms with Gasteiger partial charge in [0.1, 0.15) is 0 Å². The third-order valence-electron chi connectivity index (χ3n) is 9.00. The Bertz CT molecular complexity index is 803. The fourth-order valence-corrected chi connectivity index (χ4v) is 35.6. The molecule has 0 aromatic carbocycles. The molecule has 6 nitrogen and oxygen atoms in total. The lowest BCUT2D eigenvalue weighted by atomic mass is 10.2. The Labute approximate surface area is 276 Å². The lowest BCUT2D eigenvalue weighted by Crippen LogP contribution is -2.58. The number of likely N-dealkylation sites (N-methyl/N-ethyl adjacent to an activating group) is 1. The highest BCUT2D eigenvalue weighted by Gasteiger charge is 2.41. The molecule has 0 amide bonds. The number of nitrogens with zero attached hydrogens (tertiary/aromatic N) is 2. The van der Waals surface area contributed by atoms with Crippen molar-refractivity contribution in [3.05, 3.63) is 0 Å². The van der Waals surface area contributed by atoms with Crippen molar-refractivity contribution < 1.29 is 20.9 Å². The summed E-state index contributed by atoms with van der Waals surface area (Å²) in [5.41, 5.74) is 0. The fourth-order valence-electron chi connectivity index (χ4n) is 7.16. The second-order valence-corrected chi connectivity index (χ2v) is 42.2. The van der Waals surface area contributed by atoms with E-state index in [0.717, 1.165) is 0 Å². The van der Waals surface area contributed by atoms with E-state index in [1.807, 2.05) is 0 Å². The molecular weight excluding hydrogens is 633 g/mol. The Morgan fingerprint density at radius 2 is 0.837 bits per heavy atom. The van der Waals surface area contributed by atoms with Gasteiger partial charge in [-0.05, 0) is 122 Å². The van der Waals surface area contributed by atoms with E-state index in [2.05, 4.69) is 104 Å². The van der Waals surface area contributed by atoms with Crippen LogP contribution >= 0.6 is 0 Å². The van der Waals surface area contributed by atoms with Crippen molar-refractivity contribution in [3.8, 4) is 0 Å². The second kappa shape index (κ2) is 17.5. The van der Waals surface area contributed by atoms with Crippen molar-refractivity contribution in [3.63, 3.8) is 0 Å². The third-order valence-corrected chi connectivity index (χ3v) is 31.9. The highest BCUT2D eigenvalue weighted by atomic mass is 28.5. The third kappa shape index (κ3) is 18.8. The lowest BCUT2D eigenvalue weighted by molar-refractivity contribution is -0.913. The Balaban J connectivity index is 2.44. The number of piperazine rings is 1. The van der Waals surface area contributed by atoms with Crippen LogP contribution in [-0.2, 0) is 16.5 Å². The minimum Gasteiger partial charge on any atom is -0.437 e. The molecule has 1 saturated heterocycles. The van der Waals surface area contributed by atoms with Gasteiger partial charge >= 0.3 is 17.1 Å². The maximum atomic E-state index is 6.89. The molecule has 43 heavy (non-hydrogen) atoms. The summed E-state index contributed by atoms with van der Waals surface area (Å²) in [5.74, 6) is 0. The van der Waals surface area contributed by atoms with Crippen molar-refractivity contribution in [2.75, 3.05) is 46.3 Å². The molecule has 0 atom stereocenters. The summed E-state index contributed by atoms with van der Waals surface area (Å²) in [6.45, 7) is 40.4. The number of hydrogen-bond acceptors (Lipinski definition) is 5. The van der Waals surface area contributed by atoms with Gasteiger partial charge in [-0.15, -0.1) is 0 Å². The predicted octanol–water partition coefficient (Wildman–Crippen LogP) is 9.42. The first-order chi connectivity index (χ1) is 19.4. The van der Waals surface area contributed by atoms with Gasteiger partial charge in [0.15, 0.2) is 33.3 Å². The molecule has 1 aliphatic rings. The van der Waals surface area contributed by atoms with Crippen molar-refractivity contribution in [1.29, 1.82) is 0 Å². The van der Waals surface area contributed by atoms with Crippen LogP contribution in [0, 0.1) is 0 Å². The second-order valence-electron chi connectivity index (χ2n) is 17.3. The maximum absolute atomic E-state index is 6.89. The molecule has 12 heteroatoms. The summed E-state index contributed by atoms with van der Waals surface area (Å²) < 4.78 is 28.5. The van der Waals surface area contributed by atoms with Crippen molar-refractivity contribution in [1.82, 2.24) is 4.90 Å². The van der Waals surface area contributed by atoms with Gasteiger partial charge in [0.2, 0.25) is 0 Å². The van der Waals surface area contributed by atoms with E-state index in [1.54, 1.807) is 0 Å². The monoisotopic (exact) mass is 709 g/mol. The molecule has 0 saturated carbocycles. The Kier molecular flexibility index (Phi) is 17.1. The number of quaternary nitrogens is 1. The topological polar surface area (TPSA) is 40.2 Å². The number of unbranched alkanes of at least 4 members (excludes halogenated alkanes) is 2. The molecular formula is C31H77N2O4Si6+. The van der Waals surface area contributed by atoms with Gasteiger partial charge in [-0.3, -0.25) is 4.90 Å². The molecule has 1 heterocycles. The van der Waals surface area contributed by atoms with Crippen LogP contribution < -0.4 is 0 Å². The summed E-state index contributed by atoms with van der Waals surface area (Å²) >= 11 is 0. The van der Waals surface area contributed by atoms with E-state index in [4.69, 9.17) is 16.5 Å². The van der Waals surface area contributed by atoms with Gasteiger partial charge < -0.3 is 20.9 Å². The van der Waals surface area contributed by atoms with E-state index in [0.29, 0.717) is 0 Å². The van der Waals surface area contributed by atoms with Crippen LogP contribution in [-0.4, -0.2) is 106 Å². The highest BCUT2D eigenvalue weighted by Crippen LogP contribution is 2.28. The van der Waals surface area contributed by atoms with E-state index < -0.39 is 50.4 Å². The minimum absolute atomic E-state index is 1.21. The molecule has 0 spiro atoms. The first kappa shape index (κ1) is 42.1. The zero-order valence-electron chi connectivity index (χ0n) is 31.8. The average molecular weight is 710 g/mol. The zero-order valence-corrected chi connectivity index (χ0v) is 37.8. The van der Waals surface area contributed by atoms with E-state index >= 15 is 0 Å². The first-order valence-corrected chi connectivity index (χ1v) is 35.9. The minimum atomic E-state index is -2.09. The van der Waals surface area contributed by atoms with Crippen molar-refractivity contribution in [2.45, 2.75) is 155 Å². The zero-order chi connectivity index (χ0) is 33.2. The van der Waals surface area contributed by atoms with Crippen LogP contribution in [0.4, 0.5) is 0 Å². The van der Waals surface area contributed by atoms with Crippen molar-refractivity contribution in [2.24, 2.45) is 0 Å². The maximum Gasteiger partial charge on any atom is 0.311 e. The Morgan fingerprint density at radius 3 is 1.19 bits per heavy atom. The van der Waals surface area contributed by atoms with Crippen LogP contribution in [0.3, 0.4) is 0 Å². The van der Waals surface area contributed by atoms with Gasteiger partial charge in [0.05, 0.1) is 26.7 Å². The van der Waals surface area contributed by atoms with Crippen LogP contribution in [0.15, 0.2) is 0 Å². The van der Waals surface area contributed by atoms with E-state index in [9.17, 15) is 0 Å². The Morgan fingerprint density at radius 1 is 0.512 bits per heavy atom. The SMILES string of the molecule is CCCC[Si](C)(C)O[Si](C)(C)O[Si](C)(C)CCCN1CC[N+](C)(CCC[Si](C)(C)O[Si](C)(C)O[Si](C)(C)CCCC)CC1. The summed E-state index contributed by atoms with van der Waals surface area (Å²) in [4.78, 5) is 2.71. The van der Waals surface area contributed by atoms with Crippen LogP contribution in [0.25, 0.3) is 0 Å². The highest BCUT2D eigenvalue weighted by molar-refractivity contribution is 6.88. The molecule has 0 radical (unpaired) electrons. The quantitative estimate of drug-likeness (QED) is 0.0828. The van der Waals surface area contributed by atoms with Gasteiger partial charge in [-0.1, -0.05) is 39.5 Å². The molecule has 0 unspecified atom stereocenters. The van der Waals surface area contributed by atoms with Gasteiger partial charge in [0.25, 0.3) is 0 Å². The molecule has 0 aromatic heterocycles. The molecule has 1 rings (SSSR count). The summed E-state index contributed by atoms with van der Waals surface area (Å²) in [6.07, 6.45) is 7.58. The predicted molar refractivity (Wildman–Crippen MR) is 205 cm³/mol. The van der Waals surface area contributed by atoms with Gasteiger partial charge in [-0.25, -0.2) is 0 Å². The smallest absolute Gasteiger partial charge is 0.311 e. The number of hydrogen-bond donors (Lipinski definition) is 0. The van der Waals surface area contributed by atoms with Crippen LogP contribution in [0.2, 0.25) is 103 Å². The molecule has 0 bridgehead atoms. The average Bonchev–Trinajstić information content (AvgIpc) is 2.79. The molecule has 0 aliphatic carbocycles. The van der Waals surface area contributed by atoms with E-state index in [1.165, 1.54) is 106 Å². The lowest BCUT2D eigenvalue weighted by Gasteiger charge is -2.43. The standard InChI is InChI=1S/C31H77N2O4Si6/c1-16-18-28-38(4,5)34-42(12,13)36-40(8,9)30-20-22-32-23-26-33(3,27-24-32)25-21-31-41(10,11)37-43(14,15)35-39(6,7)29-19-17-2/h16-31H2,1-15H3/q+1. The molecule has 1 fully saturated rings. The van der Waals surface area contributed by atoms with Gasteiger partial charge in [0, 0.05) is 13.1 Å². The molecule has 0 aromatic rings. The molecule has 0 N–H and O–H groups in total. The normalized spacial score (nSPS) is 17.9. The van der Waals surface area contributed by atoms with Crippen LogP contribution in [0.5, 0.6) is 0 Å². The number of rotatable bonds is 22. The summed E-state index contributed by atoms with van der Waals surface area (Å²) in [6, 6.07) is 4.97. The van der Waals surface area contributed by atoms with Crippen molar-refractivity contribution >= 4 is 50.4 Å². The molecule has 1 aliphatic heterocycles. The molecule has 258 valence electrons. The van der Waals surface area contributed by atoms with E-state index in [-0.39, 0.29) is 0 Å². The summed E-state index contributed by atoms with van der Waals surface area (Å²) in [5, 5.41) is 0.